The van der Waals surface area contributed by atoms with Crippen LogP contribution in [0.15, 0.2) is 48.8 Å². The zero-order valence-corrected chi connectivity index (χ0v) is 17.8. The molecule has 0 spiro atoms. The molecule has 0 unspecified atom stereocenters. The Hall–Kier alpha value is -2.79. The maximum absolute atomic E-state index is 13.0. The molecular formula is C24H28N4O3. The molecule has 0 aliphatic carbocycles. The smallest absolute Gasteiger partial charge is 0.255 e. The van der Waals surface area contributed by atoms with Crippen LogP contribution in [-0.4, -0.2) is 66.2 Å². The van der Waals surface area contributed by atoms with E-state index in [2.05, 4.69) is 22.0 Å². The molecule has 4 rings (SSSR count). The number of ether oxygens (including phenoxy) is 2. The minimum atomic E-state index is -0.454. The van der Waals surface area contributed by atoms with E-state index < -0.39 is 6.10 Å². The fraction of sp³-hybridized carbons (Fsp3) is 0.458. The molecule has 2 saturated heterocycles. The number of hydrogen-bond donors (Lipinski definition) is 0. The molecule has 31 heavy (non-hydrogen) atoms. The number of nitriles is 1. The number of pyridine rings is 1. The lowest BCUT2D eigenvalue weighted by Crippen LogP contribution is -2.64. The zero-order chi connectivity index (χ0) is 21.6. The Kier molecular flexibility index (Phi) is 6.92. The number of aromatic nitrogens is 1. The number of β-lactam (4-membered cyclic amide) rings is 1. The molecule has 7 nitrogen and oxygen atoms in total. The van der Waals surface area contributed by atoms with E-state index in [9.17, 15) is 4.79 Å². The molecule has 2 fully saturated rings. The van der Waals surface area contributed by atoms with Crippen molar-refractivity contribution in [1.82, 2.24) is 14.8 Å². The average molecular weight is 421 g/mol. The maximum Gasteiger partial charge on any atom is 0.255 e. The summed E-state index contributed by atoms with van der Waals surface area (Å²) >= 11 is 0. The highest BCUT2D eigenvalue weighted by molar-refractivity contribution is 5.89. The van der Waals surface area contributed by atoms with Gasteiger partial charge in [-0.1, -0.05) is 12.1 Å². The quantitative estimate of drug-likeness (QED) is 0.482. The summed E-state index contributed by atoms with van der Waals surface area (Å²) in [7, 11) is 1.63. The van der Waals surface area contributed by atoms with Crippen LogP contribution in [0.2, 0.25) is 0 Å². The first-order valence-corrected chi connectivity index (χ1v) is 10.8. The van der Waals surface area contributed by atoms with Gasteiger partial charge in [-0.2, -0.15) is 5.26 Å². The molecule has 0 radical (unpaired) electrons. The van der Waals surface area contributed by atoms with Gasteiger partial charge in [0.2, 0.25) is 0 Å². The fourth-order valence-electron chi connectivity index (χ4n) is 4.56. The van der Waals surface area contributed by atoms with Crippen molar-refractivity contribution in [3.8, 4) is 6.07 Å². The summed E-state index contributed by atoms with van der Waals surface area (Å²) in [6.07, 6.45) is 4.93. The SMILES string of the molecule is COCCO[C@H]1C(=O)N(C2CCN(Cc3cccc(C#N)c3)CC2)[C@H]1c1ccncc1. The standard InChI is InChI=1S/C24H28N4O3/c1-30-13-14-31-23-22(20-5-9-26-10-6-20)28(24(23)29)21-7-11-27(12-8-21)17-19-4-2-3-18(15-19)16-25/h2-6,9-10,15,21-23H,7-8,11-14,17H2,1H3/t22-,23+/m0/s1. The summed E-state index contributed by atoms with van der Waals surface area (Å²) in [5.41, 5.74) is 2.91. The average Bonchev–Trinajstić information content (AvgIpc) is 2.81. The molecular weight excluding hydrogens is 392 g/mol. The van der Waals surface area contributed by atoms with Crippen LogP contribution in [0.4, 0.5) is 0 Å². The van der Waals surface area contributed by atoms with E-state index in [0.717, 1.165) is 43.6 Å². The minimum absolute atomic E-state index is 0.0677. The van der Waals surface area contributed by atoms with Crippen LogP contribution in [0.25, 0.3) is 0 Å². The van der Waals surface area contributed by atoms with Crippen LogP contribution >= 0.6 is 0 Å². The first kappa shape index (κ1) is 21.4. The largest absolute Gasteiger partial charge is 0.382 e. The molecule has 2 atom stereocenters. The van der Waals surface area contributed by atoms with E-state index in [1.54, 1.807) is 19.5 Å². The van der Waals surface area contributed by atoms with Crippen LogP contribution in [0.3, 0.4) is 0 Å². The number of benzene rings is 1. The van der Waals surface area contributed by atoms with Gasteiger partial charge >= 0.3 is 0 Å². The normalized spacial score (nSPS) is 22.2. The Balaban J connectivity index is 1.39. The Morgan fingerprint density at radius 1 is 1.16 bits per heavy atom. The molecule has 162 valence electrons. The summed E-state index contributed by atoms with van der Waals surface area (Å²) in [5.74, 6) is 0.0677. The van der Waals surface area contributed by atoms with Gasteiger partial charge in [0.15, 0.2) is 6.10 Å². The third-order valence-corrected chi connectivity index (χ3v) is 6.13. The highest BCUT2D eigenvalue weighted by Crippen LogP contribution is 2.40. The van der Waals surface area contributed by atoms with Gasteiger partial charge in [0.05, 0.1) is 30.9 Å². The predicted molar refractivity (Wildman–Crippen MR) is 115 cm³/mol. The van der Waals surface area contributed by atoms with Crippen molar-refractivity contribution >= 4 is 5.91 Å². The van der Waals surface area contributed by atoms with Crippen molar-refractivity contribution in [1.29, 1.82) is 5.26 Å². The second-order valence-electron chi connectivity index (χ2n) is 8.07. The van der Waals surface area contributed by atoms with Crippen LogP contribution in [-0.2, 0) is 20.8 Å². The molecule has 0 bridgehead atoms. The van der Waals surface area contributed by atoms with Crippen molar-refractivity contribution in [3.63, 3.8) is 0 Å². The predicted octanol–water partition coefficient (Wildman–Crippen LogP) is 2.53. The first-order chi connectivity index (χ1) is 15.2. The number of methoxy groups -OCH3 is 1. The lowest BCUT2D eigenvalue weighted by molar-refractivity contribution is -0.184. The molecule has 1 aromatic carbocycles. The third kappa shape index (κ3) is 4.77. The topological polar surface area (TPSA) is 78.7 Å². The van der Waals surface area contributed by atoms with E-state index >= 15 is 0 Å². The second kappa shape index (κ2) is 10.0. The molecule has 1 amide bonds. The van der Waals surface area contributed by atoms with Crippen molar-refractivity contribution in [2.45, 2.75) is 37.6 Å². The molecule has 3 heterocycles. The second-order valence-corrected chi connectivity index (χ2v) is 8.07. The maximum atomic E-state index is 13.0. The first-order valence-electron chi connectivity index (χ1n) is 10.8. The van der Waals surface area contributed by atoms with E-state index in [1.165, 1.54) is 0 Å². The van der Waals surface area contributed by atoms with Gasteiger partial charge in [-0.25, -0.2) is 0 Å². The van der Waals surface area contributed by atoms with Gasteiger partial charge in [-0.3, -0.25) is 14.7 Å². The van der Waals surface area contributed by atoms with Crippen molar-refractivity contribution in [2.75, 3.05) is 33.4 Å². The van der Waals surface area contributed by atoms with Gasteiger partial charge in [0.25, 0.3) is 5.91 Å². The van der Waals surface area contributed by atoms with E-state index in [1.807, 2.05) is 35.2 Å². The van der Waals surface area contributed by atoms with E-state index in [0.29, 0.717) is 18.8 Å². The number of piperidine rings is 1. The number of rotatable bonds is 8. The highest BCUT2D eigenvalue weighted by Gasteiger charge is 2.52. The van der Waals surface area contributed by atoms with Crippen LogP contribution in [0.1, 0.15) is 35.6 Å². The Morgan fingerprint density at radius 3 is 2.65 bits per heavy atom. The molecule has 2 aliphatic rings. The number of likely N-dealkylation sites (tertiary alicyclic amines) is 2. The molecule has 0 N–H and O–H groups in total. The fourth-order valence-corrected chi connectivity index (χ4v) is 4.56. The number of hydrogen-bond acceptors (Lipinski definition) is 6. The zero-order valence-electron chi connectivity index (χ0n) is 17.8. The molecule has 0 saturated carbocycles. The summed E-state index contributed by atoms with van der Waals surface area (Å²) in [4.78, 5) is 21.5. The molecule has 7 heteroatoms. The summed E-state index contributed by atoms with van der Waals surface area (Å²) < 4.78 is 10.9. The van der Waals surface area contributed by atoms with E-state index in [-0.39, 0.29) is 18.0 Å². The van der Waals surface area contributed by atoms with Crippen LogP contribution in [0.5, 0.6) is 0 Å². The Morgan fingerprint density at radius 2 is 1.94 bits per heavy atom. The molecule has 1 aromatic heterocycles. The molecule has 2 aliphatic heterocycles. The third-order valence-electron chi connectivity index (χ3n) is 6.13. The lowest BCUT2D eigenvalue weighted by Gasteiger charge is -2.52. The Bertz CT molecular complexity index is 922. The number of amides is 1. The van der Waals surface area contributed by atoms with Crippen molar-refractivity contribution in [2.24, 2.45) is 0 Å². The summed E-state index contributed by atoms with van der Waals surface area (Å²) in [6.45, 7) is 3.54. The lowest BCUT2D eigenvalue weighted by atomic mass is 9.86. The van der Waals surface area contributed by atoms with Crippen LogP contribution in [0, 0.1) is 11.3 Å². The summed E-state index contributed by atoms with van der Waals surface area (Å²) in [5, 5.41) is 9.11. The van der Waals surface area contributed by atoms with Gasteiger partial charge in [0, 0.05) is 45.2 Å². The highest BCUT2D eigenvalue weighted by atomic mass is 16.5. The summed E-state index contributed by atoms with van der Waals surface area (Å²) in [6, 6.07) is 14.0. The van der Waals surface area contributed by atoms with Crippen molar-refractivity contribution < 1.29 is 14.3 Å². The van der Waals surface area contributed by atoms with Gasteiger partial charge in [0.1, 0.15) is 0 Å². The van der Waals surface area contributed by atoms with Crippen molar-refractivity contribution in [3.05, 3.63) is 65.5 Å². The monoisotopic (exact) mass is 420 g/mol. The van der Waals surface area contributed by atoms with Crippen LogP contribution < -0.4 is 0 Å². The van der Waals surface area contributed by atoms with Gasteiger partial charge in [-0.05, 0) is 48.2 Å². The molecule has 2 aromatic rings. The van der Waals surface area contributed by atoms with Gasteiger partial charge < -0.3 is 14.4 Å². The number of carbonyl (C=O) groups is 1. The minimum Gasteiger partial charge on any atom is -0.382 e. The number of nitrogens with zero attached hydrogens (tertiary/aromatic N) is 4. The Labute approximate surface area is 183 Å². The van der Waals surface area contributed by atoms with Gasteiger partial charge in [-0.15, -0.1) is 0 Å². The van der Waals surface area contributed by atoms with E-state index in [4.69, 9.17) is 14.7 Å². The number of carbonyl (C=O) groups excluding carboxylic acids is 1.